The second kappa shape index (κ2) is 9.54. The van der Waals surface area contributed by atoms with E-state index in [2.05, 4.69) is 12.6 Å². The summed E-state index contributed by atoms with van der Waals surface area (Å²) >= 11 is 5.87. The molecule has 4 rings (SSSR count). The Morgan fingerprint density at radius 2 is 2.00 bits per heavy atom. The van der Waals surface area contributed by atoms with Crippen LogP contribution in [0, 0.1) is 10.1 Å². The topological polar surface area (TPSA) is 85.8 Å². The molecule has 0 N–H and O–H groups in total. The minimum Gasteiger partial charge on any atom is -0.494 e. The van der Waals surface area contributed by atoms with Gasteiger partial charge in [-0.25, -0.2) is 0 Å². The number of ether oxygens (including phenoxy) is 1. The van der Waals surface area contributed by atoms with Crippen LogP contribution in [0.4, 0.5) is 5.69 Å². The summed E-state index contributed by atoms with van der Waals surface area (Å²) in [5.74, 6) is 1.05. The van der Waals surface area contributed by atoms with Crippen LogP contribution in [0.15, 0.2) is 70.0 Å². The Kier molecular flexibility index (Phi) is 6.57. The number of hydrogen-bond donors (Lipinski definition) is 1. The highest BCUT2D eigenvalue weighted by molar-refractivity contribution is 8.14. The number of thiol groups is 1. The molecule has 1 fully saturated rings. The number of nitro groups is 1. The maximum Gasteiger partial charge on any atom is 0.284 e. The number of carbonyl (C=O) groups is 1. The summed E-state index contributed by atoms with van der Waals surface area (Å²) in [4.78, 5) is 26.1. The van der Waals surface area contributed by atoms with E-state index in [0.29, 0.717) is 40.9 Å². The summed E-state index contributed by atoms with van der Waals surface area (Å²) in [6, 6.07) is 17.7. The van der Waals surface area contributed by atoms with Crippen molar-refractivity contribution in [3.63, 3.8) is 0 Å². The number of carbonyl (C=O) groups excluding carboxylic acids is 1. The van der Waals surface area contributed by atoms with Crippen molar-refractivity contribution in [2.45, 2.75) is 18.2 Å². The third kappa shape index (κ3) is 4.68. The molecular weight excluding hydrogens is 448 g/mol. The minimum atomic E-state index is -0.470. The van der Waals surface area contributed by atoms with Gasteiger partial charge < -0.3 is 14.1 Å². The van der Waals surface area contributed by atoms with Crippen LogP contribution in [-0.2, 0) is 11.3 Å². The first kappa shape index (κ1) is 22.0. The largest absolute Gasteiger partial charge is 0.494 e. The molecule has 0 radical (unpaired) electrons. The standard InChI is InChI=1S/C23H20N2O5S2/c1-2-29-16-8-10-18(19(12-16)25(27)28)20-11-9-17(30-20)13-21-22(26)24(23(31)32-21)14-15-6-4-3-5-7-15/h3-13,23,31H,2,14H2,1H3/b21-13-. The van der Waals surface area contributed by atoms with Gasteiger partial charge in [0.2, 0.25) is 0 Å². The van der Waals surface area contributed by atoms with E-state index in [9.17, 15) is 14.9 Å². The predicted molar refractivity (Wildman–Crippen MR) is 127 cm³/mol. The zero-order valence-electron chi connectivity index (χ0n) is 17.1. The highest BCUT2D eigenvalue weighted by Gasteiger charge is 2.34. The maximum atomic E-state index is 12.9. The Bertz CT molecular complexity index is 1180. The van der Waals surface area contributed by atoms with Gasteiger partial charge in [-0.15, -0.1) is 12.6 Å². The molecule has 1 unspecified atom stereocenters. The van der Waals surface area contributed by atoms with Crippen LogP contribution in [0.5, 0.6) is 5.75 Å². The van der Waals surface area contributed by atoms with Crippen LogP contribution < -0.4 is 4.74 Å². The molecule has 0 bridgehead atoms. The molecule has 0 aliphatic carbocycles. The number of furan rings is 1. The van der Waals surface area contributed by atoms with Crippen molar-refractivity contribution in [1.29, 1.82) is 0 Å². The summed E-state index contributed by atoms with van der Waals surface area (Å²) in [7, 11) is 0. The van der Waals surface area contributed by atoms with E-state index in [1.807, 2.05) is 37.3 Å². The Labute approximate surface area is 194 Å². The fraction of sp³-hybridized carbons (Fsp3) is 0.174. The normalized spacial score (nSPS) is 17.2. The molecule has 2 heterocycles. The molecule has 164 valence electrons. The fourth-order valence-corrected chi connectivity index (χ4v) is 4.78. The van der Waals surface area contributed by atoms with Crippen molar-refractivity contribution in [3.8, 4) is 17.1 Å². The first-order valence-corrected chi connectivity index (χ1v) is 11.3. The summed E-state index contributed by atoms with van der Waals surface area (Å²) < 4.78 is 10.9. The van der Waals surface area contributed by atoms with Gasteiger partial charge in [-0.1, -0.05) is 42.1 Å². The Hall–Kier alpha value is -3.17. The number of nitro benzene ring substituents is 1. The van der Waals surface area contributed by atoms with Crippen molar-refractivity contribution < 1.29 is 18.9 Å². The summed E-state index contributed by atoms with van der Waals surface area (Å²) in [6.07, 6.45) is 1.64. The second-order valence-electron chi connectivity index (χ2n) is 6.94. The van der Waals surface area contributed by atoms with Crippen molar-refractivity contribution >= 4 is 42.1 Å². The molecule has 1 aliphatic heterocycles. The fourth-order valence-electron chi connectivity index (χ4n) is 3.33. The molecule has 2 aromatic carbocycles. The number of thioether (sulfide) groups is 1. The van der Waals surface area contributed by atoms with E-state index in [1.54, 1.807) is 35.2 Å². The van der Waals surface area contributed by atoms with E-state index < -0.39 is 4.92 Å². The summed E-state index contributed by atoms with van der Waals surface area (Å²) in [5.41, 5.74) is 1.25. The third-order valence-electron chi connectivity index (χ3n) is 4.81. The van der Waals surface area contributed by atoms with E-state index in [0.717, 1.165) is 5.56 Å². The van der Waals surface area contributed by atoms with Gasteiger partial charge in [0, 0.05) is 12.6 Å². The van der Waals surface area contributed by atoms with Crippen LogP contribution in [0.1, 0.15) is 18.2 Å². The first-order chi connectivity index (χ1) is 15.5. The van der Waals surface area contributed by atoms with Crippen LogP contribution in [0.25, 0.3) is 17.4 Å². The number of hydrogen-bond acceptors (Lipinski definition) is 7. The molecule has 7 nitrogen and oxygen atoms in total. The lowest BCUT2D eigenvalue weighted by molar-refractivity contribution is -0.384. The molecule has 32 heavy (non-hydrogen) atoms. The number of benzene rings is 2. The number of amides is 1. The van der Waals surface area contributed by atoms with E-state index in [4.69, 9.17) is 9.15 Å². The van der Waals surface area contributed by atoms with Gasteiger partial charge in [0.25, 0.3) is 11.6 Å². The maximum absolute atomic E-state index is 12.9. The van der Waals surface area contributed by atoms with E-state index in [-0.39, 0.29) is 16.3 Å². The predicted octanol–water partition coefficient (Wildman–Crippen LogP) is 5.58. The van der Waals surface area contributed by atoms with Crippen molar-refractivity contribution in [3.05, 3.63) is 87.0 Å². The molecule has 3 aromatic rings. The van der Waals surface area contributed by atoms with Gasteiger partial charge in [-0.2, -0.15) is 0 Å². The molecular formula is C23H20N2O5S2. The van der Waals surface area contributed by atoms with E-state index >= 15 is 0 Å². The van der Waals surface area contributed by atoms with Crippen LogP contribution in [-0.4, -0.2) is 27.0 Å². The zero-order valence-corrected chi connectivity index (χ0v) is 18.8. The smallest absolute Gasteiger partial charge is 0.284 e. The average Bonchev–Trinajstić information content (AvgIpc) is 3.35. The highest BCUT2D eigenvalue weighted by atomic mass is 32.2. The number of nitrogens with zero attached hydrogens (tertiary/aromatic N) is 2. The van der Waals surface area contributed by atoms with Crippen LogP contribution in [0.3, 0.4) is 0 Å². The SMILES string of the molecule is CCOc1ccc(-c2ccc(/C=C3\SC(S)N(Cc4ccccc4)C3=O)o2)c([N+](=O)[O-])c1. The third-order valence-corrected chi connectivity index (χ3v) is 6.42. The minimum absolute atomic E-state index is 0.111. The molecule has 1 amide bonds. The molecule has 0 spiro atoms. The van der Waals surface area contributed by atoms with Gasteiger partial charge >= 0.3 is 0 Å². The van der Waals surface area contributed by atoms with Crippen molar-refractivity contribution in [1.82, 2.24) is 4.90 Å². The lowest BCUT2D eigenvalue weighted by Gasteiger charge is -2.19. The van der Waals surface area contributed by atoms with Crippen LogP contribution >= 0.6 is 24.4 Å². The van der Waals surface area contributed by atoms with Gasteiger partial charge in [0.1, 0.15) is 22.0 Å². The van der Waals surface area contributed by atoms with Crippen molar-refractivity contribution in [2.24, 2.45) is 0 Å². The molecule has 0 saturated carbocycles. The molecule has 9 heteroatoms. The molecule has 1 aromatic heterocycles. The Morgan fingerprint density at radius 3 is 2.72 bits per heavy atom. The lowest BCUT2D eigenvalue weighted by Crippen LogP contribution is -2.28. The monoisotopic (exact) mass is 468 g/mol. The van der Waals surface area contributed by atoms with Gasteiger partial charge in [0.05, 0.1) is 28.1 Å². The van der Waals surface area contributed by atoms with Crippen molar-refractivity contribution in [2.75, 3.05) is 6.61 Å². The lowest BCUT2D eigenvalue weighted by atomic mass is 10.1. The average molecular weight is 469 g/mol. The van der Waals surface area contributed by atoms with Gasteiger partial charge in [-0.05, 0) is 36.8 Å². The Morgan fingerprint density at radius 1 is 1.22 bits per heavy atom. The zero-order chi connectivity index (χ0) is 22.7. The summed E-state index contributed by atoms with van der Waals surface area (Å²) in [5, 5.41) is 11.5. The molecule has 1 atom stereocenters. The quantitative estimate of drug-likeness (QED) is 0.211. The first-order valence-electron chi connectivity index (χ1n) is 9.89. The summed E-state index contributed by atoms with van der Waals surface area (Å²) in [6.45, 7) is 2.68. The highest BCUT2D eigenvalue weighted by Crippen LogP contribution is 2.40. The Balaban J connectivity index is 1.57. The second-order valence-corrected chi connectivity index (χ2v) is 8.90. The number of rotatable bonds is 7. The van der Waals surface area contributed by atoms with Crippen LogP contribution in [0.2, 0.25) is 0 Å². The van der Waals surface area contributed by atoms with E-state index in [1.165, 1.54) is 17.8 Å². The van der Waals surface area contributed by atoms with Gasteiger partial charge in [0.15, 0.2) is 0 Å². The molecule has 1 saturated heterocycles. The molecule has 1 aliphatic rings. The van der Waals surface area contributed by atoms with Gasteiger partial charge in [-0.3, -0.25) is 14.9 Å².